The summed E-state index contributed by atoms with van der Waals surface area (Å²) in [6.45, 7) is 1.71. The van der Waals surface area contributed by atoms with E-state index in [1.165, 1.54) is 4.90 Å². The van der Waals surface area contributed by atoms with Gasteiger partial charge in [-0.15, -0.1) is 0 Å². The highest BCUT2D eigenvalue weighted by molar-refractivity contribution is 5.78. The number of halogens is 2. The van der Waals surface area contributed by atoms with Gasteiger partial charge in [-0.2, -0.15) is 0 Å². The fourth-order valence-corrected chi connectivity index (χ4v) is 2.10. The Morgan fingerprint density at radius 2 is 2.20 bits per heavy atom. The smallest absolute Gasteiger partial charge is 0.317 e. The molecule has 0 radical (unpaired) electrons. The molecule has 1 fully saturated rings. The first-order chi connectivity index (χ1) is 9.35. The largest absolute Gasteiger partial charge is 0.481 e. The third-order valence-corrected chi connectivity index (χ3v) is 3.27. The molecule has 8 heteroatoms. The van der Waals surface area contributed by atoms with Crippen molar-refractivity contribution in [1.82, 2.24) is 10.2 Å². The van der Waals surface area contributed by atoms with Gasteiger partial charge in [-0.1, -0.05) is 0 Å². The molecule has 0 bridgehead atoms. The Bertz CT molecular complexity index is 354. The number of nitrogens with zero attached hydrogens (tertiary/aromatic N) is 1. The molecule has 1 rings (SSSR count). The van der Waals surface area contributed by atoms with Crippen LogP contribution in [0.5, 0.6) is 0 Å². The van der Waals surface area contributed by atoms with Crippen LogP contribution in [0.1, 0.15) is 19.8 Å². The Labute approximate surface area is 116 Å². The number of nitrogens with one attached hydrogen (secondary N) is 1. The number of ether oxygens (including phenoxy) is 1. The summed E-state index contributed by atoms with van der Waals surface area (Å²) >= 11 is 0. The van der Waals surface area contributed by atoms with Gasteiger partial charge in [0.05, 0.1) is 12.0 Å². The number of rotatable bonds is 6. The first kappa shape index (κ1) is 16.6. The minimum absolute atomic E-state index is 0.000117. The van der Waals surface area contributed by atoms with Crippen molar-refractivity contribution < 1.29 is 28.2 Å². The lowest BCUT2D eigenvalue weighted by atomic mass is 9.82. The van der Waals surface area contributed by atoms with E-state index in [-0.39, 0.29) is 19.7 Å². The number of carbonyl (C=O) groups excluding carboxylic acids is 1. The number of carbonyl (C=O) groups is 2. The van der Waals surface area contributed by atoms with E-state index in [0.29, 0.717) is 19.4 Å². The standard InChI is InChI=1S/C12H20F2N2O4/c1-12(10(17)18)3-2-5-16(8-12)11(19)15-4-6-20-7-9(13)14/h9H,2-8H2,1H3,(H,15,19)(H,17,18). The molecule has 0 saturated carbocycles. The Kier molecular flexibility index (Phi) is 6.12. The molecule has 1 aliphatic heterocycles. The summed E-state index contributed by atoms with van der Waals surface area (Å²) < 4.78 is 28.2. The highest BCUT2D eigenvalue weighted by Crippen LogP contribution is 2.29. The number of amides is 2. The van der Waals surface area contributed by atoms with Crippen molar-refractivity contribution in [3.63, 3.8) is 0 Å². The van der Waals surface area contributed by atoms with Crippen LogP contribution in [0.3, 0.4) is 0 Å². The van der Waals surface area contributed by atoms with Crippen molar-refractivity contribution in [3.8, 4) is 0 Å². The topological polar surface area (TPSA) is 78.9 Å². The quantitative estimate of drug-likeness (QED) is 0.721. The van der Waals surface area contributed by atoms with Crippen LogP contribution in [0.4, 0.5) is 13.6 Å². The molecular weight excluding hydrogens is 274 g/mol. The summed E-state index contributed by atoms with van der Waals surface area (Å²) in [5, 5.41) is 11.7. The SMILES string of the molecule is CC1(C(=O)O)CCCN(C(=O)NCCOCC(F)F)C1. The van der Waals surface area contributed by atoms with Crippen LogP contribution in [0.15, 0.2) is 0 Å². The average Bonchev–Trinajstić information content (AvgIpc) is 2.37. The third-order valence-electron chi connectivity index (χ3n) is 3.27. The van der Waals surface area contributed by atoms with Crippen LogP contribution in [0.2, 0.25) is 0 Å². The fraction of sp³-hybridized carbons (Fsp3) is 0.833. The van der Waals surface area contributed by atoms with Gasteiger partial charge in [-0.25, -0.2) is 13.6 Å². The average molecular weight is 294 g/mol. The predicted molar refractivity (Wildman–Crippen MR) is 66.8 cm³/mol. The molecule has 1 heterocycles. The Balaban J connectivity index is 2.31. The van der Waals surface area contributed by atoms with E-state index in [1.54, 1.807) is 6.92 Å². The molecule has 0 aliphatic carbocycles. The maximum atomic E-state index is 11.8. The van der Waals surface area contributed by atoms with Gasteiger partial charge in [0.1, 0.15) is 6.61 Å². The Morgan fingerprint density at radius 1 is 1.50 bits per heavy atom. The van der Waals surface area contributed by atoms with Crippen molar-refractivity contribution in [3.05, 3.63) is 0 Å². The van der Waals surface area contributed by atoms with E-state index in [1.807, 2.05) is 0 Å². The van der Waals surface area contributed by atoms with Gasteiger partial charge in [0, 0.05) is 19.6 Å². The van der Waals surface area contributed by atoms with E-state index < -0.39 is 30.4 Å². The zero-order valence-corrected chi connectivity index (χ0v) is 11.4. The van der Waals surface area contributed by atoms with Crippen molar-refractivity contribution in [2.75, 3.05) is 32.8 Å². The second kappa shape index (κ2) is 7.37. The number of hydrogen-bond donors (Lipinski definition) is 2. The summed E-state index contributed by atoms with van der Waals surface area (Å²) in [7, 11) is 0. The van der Waals surface area contributed by atoms with Gasteiger partial charge in [0.15, 0.2) is 0 Å². The maximum Gasteiger partial charge on any atom is 0.317 e. The molecule has 6 nitrogen and oxygen atoms in total. The molecule has 1 atom stereocenters. The number of hydrogen-bond acceptors (Lipinski definition) is 3. The lowest BCUT2D eigenvalue weighted by molar-refractivity contribution is -0.150. The van der Waals surface area contributed by atoms with Gasteiger partial charge < -0.3 is 20.1 Å². The van der Waals surface area contributed by atoms with Crippen molar-refractivity contribution in [2.45, 2.75) is 26.2 Å². The molecule has 116 valence electrons. The number of urea groups is 1. The normalized spacial score (nSPS) is 22.9. The van der Waals surface area contributed by atoms with Gasteiger partial charge >= 0.3 is 12.0 Å². The highest BCUT2D eigenvalue weighted by Gasteiger charge is 2.39. The predicted octanol–water partition coefficient (Wildman–Crippen LogP) is 1.16. The summed E-state index contributed by atoms with van der Waals surface area (Å²) in [5.41, 5.74) is -0.929. The highest BCUT2D eigenvalue weighted by atomic mass is 19.3. The Hall–Kier alpha value is -1.44. The molecule has 1 unspecified atom stereocenters. The number of alkyl halides is 2. The molecule has 2 N–H and O–H groups in total. The lowest BCUT2D eigenvalue weighted by Crippen LogP contribution is -2.51. The van der Waals surface area contributed by atoms with Gasteiger partial charge in [-0.05, 0) is 19.8 Å². The summed E-state index contributed by atoms with van der Waals surface area (Å²) in [6, 6.07) is -0.391. The first-order valence-electron chi connectivity index (χ1n) is 6.47. The Morgan fingerprint density at radius 3 is 2.80 bits per heavy atom. The van der Waals surface area contributed by atoms with E-state index in [0.717, 1.165) is 0 Å². The minimum atomic E-state index is -2.52. The number of piperidine rings is 1. The first-order valence-corrected chi connectivity index (χ1v) is 6.47. The molecule has 0 aromatic rings. The molecule has 0 spiro atoms. The number of carboxylic acids is 1. The third kappa shape index (κ3) is 4.92. The van der Waals surface area contributed by atoms with E-state index in [9.17, 15) is 18.4 Å². The van der Waals surface area contributed by atoms with Crippen molar-refractivity contribution in [2.24, 2.45) is 5.41 Å². The molecular formula is C12H20F2N2O4. The summed E-state index contributed by atoms with van der Waals surface area (Å²) in [4.78, 5) is 24.4. The van der Waals surface area contributed by atoms with Crippen molar-refractivity contribution in [1.29, 1.82) is 0 Å². The number of aliphatic carboxylic acids is 1. The van der Waals surface area contributed by atoms with Crippen molar-refractivity contribution >= 4 is 12.0 Å². The molecule has 0 aromatic carbocycles. The summed E-state index contributed by atoms with van der Waals surface area (Å²) in [6.07, 6.45) is -1.37. The van der Waals surface area contributed by atoms with E-state index in [4.69, 9.17) is 5.11 Å². The van der Waals surface area contributed by atoms with Gasteiger partial charge in [0.2, 0.25) is 0 Å². The van der Waals surface area contributed by atoms with E-state index >= 15 is 0 Å². The molecule has 2 amide bonds. The van der Waals surface area contributed by atoms with E-state index in [2.05, 4.69) is 10.1 Å². The minimum Gasteiger partial charge on any atom is -0.481 e. The monoisotopic (exact) mass is 294 g/mol. The zero-order valence-electron chi connectivity index (χ0n) is 11.4. The fourth-order valence-electron chi connectivity index (χ4n) is 2.10. The molecule has 20 heavy (non-hydrogen) atoms. The van der Waals surface area contributed by atoms with Crippen LogP contribution in [-0.2, 0) is 9.53 Å². The van der Waals surface area contributed by atoms with Crippen LogP contribution in [0.25, 0.3) is 0 Å². The lowest BCUT2D eigenvalue weighted by Gasteiger charge is -2.37. The van der Waals surface area contributed by atoms with Crippen LogP contribution in [-0.4, -0.2) is 61.3 Å². The van der Waals surface area contributed by atoms with Gasteiger partial charge in [0.25, 0.3) is 6.43 Å². The number of likely N-dealkylation sites (tertiary alicyclic amines) is 1. The number of carboxylic acid groups (broad SMARTS) is 1. The summed E-state index contributed by atoms with van der Waals surface area (Å²) in [5.74, 6) is -0.921. The zero-order chi connectivity index (χ0) is 15.2. The second-order valence-corrected chi connectivity index (χ2v) is 5.09. The molecule has 0 aromatic heterocycles. The van der Waals surface area contributed by atoms with Crippen LogP contribution >= 0.6 is 0 Å². The molecule has 1 saturated heterocycles. The van der Waals surface area contributed by atoms with Gasteiger partial charge in [-0.3, -0.25) is 4.79 Å². The second-order valence-electron chi connectivity index (χ2n) is 5.09. The van der Waals surface area contributed by atoms with Crippen LogP contribution in [0, 0.1) is 5.41 Å². The molecule has 1 aliphatic rings. The maximum absolute atomic E-state index is 11.8. The van der Waals surface area contributed by atoms with Crippen LogP contribution < -0.4 is 5.32 Å².